The van der Waals surface area contributed by atoms with E-state index in [1.54, 1.807) is 12.1 Å². The molecule has 148 valence electrons. The minimum absolute atomic E-state index is 0.0463. The average molecular weight is 377 g/mol. The number of rotatable bonds is 8. The number of carbonyl (C=O) groups excluding carboxylic acids is 2. The van der Waals surface area contributed by atoms with E-state index in [2.05, 4.69) is 17.2 Å². The zero-order valence-corrected chi connectivity index (χ0v) is 16.2. The molecule has 0 fully saturated rings. The third-order valence-electron chi connectivity index (χ3n) is 3.64. The van der Waals surface area contributed by atoms with Gasteiger partial charge in [-0.15, -0.1) is 0 Å². The van der Waals surface area contributed by atoms with E-state index in [-0.39, 0.29) is 37.1 Å². The van der Waals surface area contributed by atoms with Crippen molar-refractivity contribution < 1.29 is 29.3 Å². The van der Waals surface area contributed by atoms with Crippen LogP contribution in [0.5, 0.6) is 11.5 Å². The number of aliphatic hydroxyl groups is 2. The van der Waals surface area contributed by atoms with E-state index in [1.807, 2.05) is 13.8 Å². The van der Waals surface area contributed by atoms with Crippen LogP contribution >= 0.6 is 0 Å². The van der Waals surface area contributed by atoms with Crippen molar-refractivity contribution in [1.29, 1.82) is 0 Å². The van der Waals surface area contributed by atoms with Crippen LogP contribution in [0.15, 0.2) is 12.1 Å². The highest BCUT2D eigenvalue weighted by Crippen LogP contribution is 2.33. The predicted molar refractivity (Wildman–Crippen MR) is 100 cm³/mol. The van der Waals surface area contributed by atoms with E-state index < -0.39 is 12.1 Å². The lowest BCUT2D eigenvalue weighted by Gasteiger charge is -2.13. The van der Waals surface area contributed by atoms with Crippen LogP contribution in [-0.4, -0.2) is 48.5 Å². The number of aryl methyl sites for hydroxylation is 1. The molecule has 0 saturated heterocycles. The van der Waals surface area contributed by atoms with Crippen LogP contribution in [0.2, 0.25) is 0 Å². The minimum Gasteiger partial charge on any atom is -0.493 e. The van der Waals surface area contributed by atoms with E-state index in [0.717, 1.165) is 5.56 Å². The van der Waals surface area contributed by atoms with E-state index in [1.165, 1.54) is 14.0 Å². The zero-order valence-electron chi connectivity index (χ0n) is 16.2. The van der Waals surface area contributed by atoms with Crippen molar-refractivity contribution in [2.75, 3.05) is 20.3 Å². The Kier molecular flexibility index (Phi) is 9.34. The number of methoxy groups -OCH3 is 1. The Morgan fingerprint density at radius 1 is 1.30 bits per heavy atom. The number of carbonyl (C=O) groups is 2. The maximum absolute atomic E-state index is 11.7. The maximum atomic E-state index is 11.7. The lowest BCUT2D eigenvalue weighted by atomic mass is 10.0. The molecule has 1 amide bonds. The molecule has 0 aliphatic carbocycles. The second-order valence-electron chi connectivity index (χ2n) is 6.30. The molecule has 0 aliphatic rings. The van der Waals surface area contributed by atoms with Crippen LogP contribution in [0.25, 0.3) is 0 Å². The summed E-state index contributed by atoms with van der Waals surface area (Å²) in [5.41, 5.74) is 1.17. The first-order chi connectivity index (χ1) is 12.8. The molecule has 0 spiro atoms. The summed E-state index contributed by atoms with van der Waals surface area (Å²) in [5.74, 6) is 5.34. The fourth-order valence-corrected chi connectivity index (χ4v) is 2.16. The molecule has 0 aliphatic heterocycles. The van der Waals surface area contributed by atoms with Gasteiger partial charge in [0.05, 0.1) is 19.3 Å². The second kappa shape index (κ2) is 11.2. The number of benzene rings is 1. The lowest BCUT2D eigenvalue weighted by molar-refractivity contribution is -0.132. The van der Waals surface area contributed by atoms with Gasteiger partial charge in [0.1, 0.15) is 6.10 Å². The van der Waals surface area contributed by atoms with E-state index >= 15 is 0 Å². The summed E-state index contributed by atoms with van der Waals surface area (Å²) in [4.78, 5) is 23.2. The molecule has 1 rings (SSSR count). The number of nitrogens with one attached hydrogen (secondary N) is 1. The SMILES string of the molecule is COc1cc(CCC(=O)NCCO)cc(C#CC(O)C(C)C)c1OC(C)=O. The molecular formula is C20H27NO6. The summed E-state index contributed by atoms with van der Waals surface area (Å²) in [6, 6.07) is 3.39. The molecule has 1 atom stereocenters. The van der Waals surface area contributed by atoms with E-state index in [0.29, 0.717) is 17.7 Å². The van der Waals surface area contributed by atoms with E-state index in [9.17, 15) is 14.7 Å². The molecule has 7 heteroatoms. The third-order valence-corrected chi connectivity index (χ3v) is 3.64. The van der Waals surface area contributed by atoms with Crippen molar-refractivity contribution in [3.05, 3.63) is 23.3 Å². The molecule has 27 heavy (non-hydrogen) atoms. The third kappa shape index (κ3) is 7.69. The Morgan fingerprint density at radius 2 is 2.00 bits per heavy atom. The van der Waals surface area contributed by atoms with Gasteiger partial charge in [-0.2, -0.15) is 0 Å². The number of hydrogen-bond donors (Lipinski definition) is 3. The lowest BCUT2D eigenvalue weighted by Crippen LogP contribution is -2.26. The normalized spacial score (nSPS) is 11.4. The van der Waals surface area contributed by atoms with Gasteiger partial charge < -0.3 is 25.0 Å². The van der Waals surface area contributed by atoms with Gasteiger partial charge in [-0.1, -0.05) is 25.7 Å². The summed E-state index contributed by atoms with van der Waals surface area (Å²) in [5, 5.41) is 21.3. The highest BCUT2D eigenvalue weighted by Gasteiger charge is 2.15. The van der Waals surface area contributed by atoms with Crippen molar-refractivity contribution >= 4 is 11.9 Å². The quantitative estimate of drug-likeness (QED) is 0.355. The van der Waals surface area contributed by atoms with Gasteiger partial charge in [0.2, 0.25) is 5.91 Å². The van der Waals surface area contributed by atoms with Crippen LogP contribution in [0.4, 0.5) is 0 Å². The Bertz CT molecular complexity index is 717. The Hall–Kier alpha value is -2.56. The summed E-state index contributed by atoms with van der Waals surface area (Å²) < 4.78 is 10.6. The number of aliphatic hydroxyl groups excluding tert-OH is 2. The molecule has 1 aromatic carbocycles. The number of amides is 1. The molecule has 1 aromatic rings. The highest BCUT2D eigenvalue weighted by molar-refractivity contribution is 5.76. The Labute approximate surface area is 159 Å². The zero-order chi connectivity index (χ0) is 20.4. The molecular weight excluding hydrogens is 350 g/mol. The Balaban J connectivity index is 3.17. The first kappa shape index (κ1) is 22.5. The van der Waals surface area contributed by atoms with Crippen LogP contribution < -0.4 is 14.8 Å². The van der Waals surface area contributed by atoms with Crippen molar-refractivity contribution in [2.24, 2.45) is 5.92 Å². The van der Waals surface area contributed by atoms with Crippen LogP contribution in [0.3, 0.4) is 0 Å². The van der Waals surface area contributed by atoms with Gasteiger partial charge in [0.15, 0.2) is 11.5 Å². The predicted octanol–water partition coefficient (Wildman–Crippen LogP) is 1.03. The summed E-state index contributed by atoms with van der Waals surface area (Å²) >= 11 is 0. The van der Waals surface area contributed by atoms with Gasteiger partial charge >= 0.3 is 5.97 Å². The molecule has 0 saturated carbocycles. The molecule has 0 heterocycles. The number of hydrogen-bond acceptors (Lipinski definition) is 6. The van der Waals surface area contributed by atoms with Crippen molar-refractivity contribution in [3.63, 3.8) is 0 Å². The smallest absolute Gasteiger partial charge is 0.308 e. The van der Waals surface area contributed by atoms with Crippen LogP contribution in [0.1, 0.15) is 38.3 Å². The molecule has 0 bridgehead atoms. The molecule has 1 unspecified atom stereocenters. The van der Waals surface area contributed by atoms with Crippen molar-refractivity contribution in [3.8, 4) is 23.3 Å². The van der Waals surface area contributed by atoms with Crippen LogP contribution in [0, 0.1) is 17.8 Å². The summed E-state index contributed by atoms with van der Waals surface area (Å²) in [6.45, 7) is 5.05. The van der Waals surface area contributed by atoms with Crippen LogP contribution in [-0.2, 0) is 16.0 Å². The highest BCUT2D eigenvalue weighted by atomic mass is 16.6. The fraction of sp³-hybridized carbons (Fsp3) is 0.500. The average Bonchev–Trinajstić information content (AvgIpc) is 2.63. The molecule has 7 nitrogen and oxygen atoms in total. The molecule has 3 N–H and O–H groups in total. The number of ether oxygens (including phenoxy) is 2. The fourth-order valence-electron chi connectivity index (χ4n) is 2.16. The van der Waals surface area contributed by atoms with Gasteiger partial charge in [0.25, 0.3) is 0 Å². The van der Waals surface area contributed by atoms with Gasteiger partial charge in [-0.25, -0.2) is 0 Å². The first-order valence-electron chi connectivity index (χ1n) is 8.75. The topological polar surface area (TPSA) is 105 Å². The van der Waals surface area contributed by atoms with Gasteiger partial charge in [-0.05, 0) is 30.0 Å². The van der Waals surface area contributed by atoms with E-state index in [4.69, 9.17) is 14.6 Å². The molecule has 0 radical (unpaired) electrons. The molecule has 0 aromatic heterocycles. The van der Waals surface area contributed by atoms with Crippen molar-refractivity contribution in [2.45, 2.75) is 39.7 Å². The standard InChI is InChI=1S/C20H27NO6/c1-13(2)17(24)7-6-16-11-15(5-8-19(25)21-9-10-22)12-18(26-4)20(16)27-14(3)23/h11-13,17,22,24H,5,8-10H2,1-4H3,(H,21,25). The minimum atomic E-state index is -0.825. The Morgan fingerprint density at radius 3 is 2.56 bits per heavy atom. The van der Waals surface area contributed by atoms with Gasteiger partial charge in [-0.3, -0.25) is 9.59 Å². The van der Waals surface area contributed by atoms with Gasteiger partial charge in [0, 0.05) is 19.9 Å². The largest absolute Gasteiger partial charge is 0.493 e. The first-order valence-corrected chi connectivity index (χ1v) is 8.75. The summed E-state index contributed by atoms with van der Waals surface area (Å²) in [6.07, 6.45) is -0.193. The monoisotopic (exact) mass is 377 g/mol. The maximum Gasteiger partial charge on any atom is 0.308 e. The van der Waals surface area contributed by atoms with Crippen molar-refractivity contribution in [1.82, 2.24) is 5.32 Å². The second-order valence-corrected chi connectivity index (χ2v) is 6.30. The summed E-state index contributed by atoms with van der Waals surface area (Å²) in [7, 11) is 1.44. The number of esters is 1.